The lowest BCUT2D eigenvalue weighted by Crippen LogP contribution is -2.13. The lowest BCUT2D eigenvalue weighted by molar-refractivity contribution is 0.0920. The van der Waals surface area contributed by atoms with E-state index in [0.29, 0.717) is 6.42 Å². The molecule has 0 unspecified atom stereocenters. The van der Waals surface area contributed by atoms with Gasteiger partial charge >= 0.3 is 0 Å². The number of hydrogen-bond donors (Lipinski definition) is 0. The molecule has 2 aromatic rings. The summed E-state index contributed by atoms with van der Waals surface area (Å²) in [6.07, 6.45) is 4.42. The maximum atomic E-state index is 11.7. The van der Waals surface area contributed by atoms with Gasteiger partial charge in [0.1, 0.15) is 0 Å². The molecule has 76 valence electrons. The second-order valence-electron chi connectivity index (χ2n) is 3.46. The second kappa shape index (κ2) is 3.55. The number of rotatable bonds is 0. The van der Waals surface area contributed by atoms with Gasteiger partial charge in [0, 0.05) is 17.5 Å². The number of aromatic nitrogens is 1. The van der Waals surface area contributed by atoms with Crippen molar-refractivity contribution in [3.8, 4) is 0 Å². The van der Waals surface area contributed by atoms with Crippen molar-refractivity contribution < 1.29 is 4.79 Å². The van der Waals surface area contributed by atoms with Crippen LogP contribution in [0, 0.1) is 0 Å². The van der Waals surface area contributed by atoms with Crippen LogP contribution in [0.1, 0.15) is 16.9 Å². The van der Waals surface area contributed by atoms with Crippen LogP contribution in [0.5, 0.6) is 0 Å². The molecule has 1 aromatic carbocycles. The van der Waals surface area contributed by atoms with Gasteiger partial charge in [-0.15, -0.1) is 12.4 Å². The fourth-order valence-corrected chi connectivity index (χ4v) is 1.95. The molecule has 0 bridgehead atoms. The van der Waals surface area contributed by atoms with Gasteiger partial charge < -0.3 is 0 Å². The van der Waals surface area contributed by atoms with Gasteiger partial charge in [0.25, 0.3) is 0 Å². The summed E-state index contributed by atoms with van der Waals surface area (Å²) in [5, 5.41) is 1.13. The quantitative estimate of drug-likeness (QED) is 0.667. The number of allylic oxidation sites excluding steroid dienone is 1. The lowest BCUT2D eigenvalue weighted by atomic mass is 10.2. The molecule has 2 nitrogen and oxygen atoms in total. The lowest BCUT2D eigenvalue weighted by Gasteiger charge is -2.08. The van der Waals surface area contributed by atoms with Crippen LogP contribution in [0.4, 0.5) is 0 Å². The Labute approximate surface area is 93.6 Å². The van der Waals surface area contributed by atoms with Crippen molar-refractivity contribution in [3.63, 3.8) is 0 Å². The van der Waals surface area contributed by atoms with Gasteiger partial charge in [-0.2, -0.15) is 0 Å². The highest BCUT2D eigenvalue weighted by atomic mass is 35.5. The highest BCUT2D eigenvalue weighted by Crippen LogP contribution is 2.23. The summed E-state index contributed by atoms with van der Waals surface area (Å²) in [4.78, 5) is 11.7. The van der Waals surface area contributed by atoms with Crippen LogP contribution in [-0.2, 0) is 0 Å². The Bertz CT molecular complexity index is 554. The van der Waals surface area contributed by atoms with E-state index in [9.17, 15) is 4.79 Å². The van der Waals surface area contributed by atoms with Crippen LogP contribution in [0.25, 0.3) is 17.0 Å². The van der Waals surface area contributed by atoms with Gasteiger partial charge in [-0.3, -0.25) is 9.36 Å². The summed E-state index contributed by atoms with van der Waals surface area (Å²) in [6.45, 7) is 0. The number of benzene rings is 1. The molecule has 0 spiro atoms. The average Bonchev–Trinajstić information content (AvgIpc) is 2.57. The molecule has 3 heteroatoms. The molecule has 1 aliphatic rings. The van der Waals surface area contributed by atoms with Crippen LogP contribution in [0.3, 0.4) is 0 Å². The molecule has 2 heterocycles. The van der Waals surface area contributed by atoms with Gasteiger partial charge in [0.15, 0.2) is 0 Å². The maximum Gasteiger partial charge on any atom is 0.235 e. The minimum Gasteiger partial charge on any atom is -0.280 e. The first kappa shape index (κ1) is 9.99. The van der Waals surface area contributed by atoms with Crippen molar-refractivity contribution >= 4 is 35.3 Å². The molecule has 1 aromatic heterocycles. The molecule has 0 atom stereocenters. The molecular weight excluding hydrogens is 210 g/mol. The summed E-state index contributed by atoms with van der Waals surface area (Å²) in [5.74, 6) is 0.156. The zero-order valence-electron chi connectivity index (χ0n) is 8.01. The standard InChI is InChI=1S/C12H9NO.ClH/c14-12-7-3-5-10-8-9-4-1-2-6-11(9)13(10)12;/h1-6,8H,7H2;1H. The topological polar surface area (TPSA) is 22.0 Å². The van der Waals surface area contributed by atoms with E-state index in [2.05, 4.69) is 0 Å². The number of fused-ring (bicyclic) bond motifs is 3. The Morgan fingerprint density at radius 3 is 2.87 bits per heavy atom. The first-order valence-electron chi connectivity index (χ1n) is 4.66. The minimum absolute atomic E-state index is 0. The molecule has 0 saturated heterocycles. The molecule has 0 radical (unpaired) electrons. The predicted octanol–water partition coefficient (Wildman–Crippen LogP) is 3.12. The number of para-hydroxylation sites is 1. The number of nitrogens with zero attached hydrogens (tertiary/aromatic N) is 1. The maximum absolute atomic E-state index is 11.7. The third-order valence-electron chi connectivity index (χ3n) is 2.57. The highest BCUT2D eigenvalue weighted by Gasteiger charge is 2.14. The SMILES string of the molecule is Cl.O=C1CC=Cc2cc3ccccc3n21. The van der Waals surface area contributed by atoms with Crippen LogP contribution >= 0.6 is 12.4 Å². The van der Waals surface area contributed by atoms with E-state index in [4.69, 9.17) is 0 Å². The Morgan fingerprint density at radius 2 is 2.00 bits per heavy atom. The highest BCUT2D eigenvalue weighted by molar-refractivity contribution is 5.98. The number of carbonyl (C=O) groups is 1. The summed E-state index contributed by atoms with van der Waals surface area (Å²) in [6, 6.07) is 10.0. The van der Waals surface area contributed by atoms with Gasteiger partial charge in [-0.1, -0.05) is 24.3 Å². The van der Waals surface area contributed by atoms with Crippen molar-refractivity contribution in [2.24, 2.45) is 0 Å². The van der Waals surface area contributed by atoms with Gasteiger partial charge in [-0.25, -0.2) is 0 Å². The average molecular weight is 220 g/mol. The third kappa shape index (κ3) is 1.38. The van der Waals surface area contributed by atoms with Gasteiger partial charge in [0.2, 0.25) is 5.91 Å². The Morgan fingerprint density at radius 1 is 1.20 bits per heavy atom. The summed E-state index contributed by atoms with van der Waals surface area (Å²) in [7, 11) is 0. The zero-order valence-corrected chi connectivity index (χ0v) is 8.83. The molecule has 0 amide bonds. The second-order valence-corrected chi connectivity index (χ2v) is 3.46. The molecular formula is C12H10ClNO. The smallest absolute Gasteiger partial charge is 0.235 e. The van der Waals surface area contributed by atoms with Crippen molar-refractivity contribution in [1.82, 2.24) is 4.57 Å². The van der Waals surface area contributed by atoms with E-state index in [1.54, 1.807) is 4.57 Å². The normalized spacial score (nSPS) is 13.7. The fourth-order valence-electron chi connectivity index (χ4n) is 1.95. The summed E-state index contributed by atoms with van der Waals surface area (Å²) in [5.41, 5.74) is 2.00. The fraction of sp³-hybridized carbons (Fsp3) is 0.0833. The predicted molar refractivity (Wildman–Crippen MR) is 63.5 cm³/mol. The number of halogens is 1. The summed E-state index contributed by atoms with van der Waals surface area (Å²) >= 11 is 0. The molecule has 0 aliphatic carbocycles. The Balaban J connectivity index is 0.000000853. The largest absolute Gasteiger partial charge is 0.280 e. The van der Waals surface area contributed by atoms with Crippen LogP contribution in [0.2, 0.25) is 0 Å². The summed E-state index contributed by atoms with van der Waals surface area (Å²) < 4.78 is 1.79. The van der Waals surface area contributed by atoms with Crippen LogP contribution in [-0.4, -0.2) is 10.5 Å². The van der Waals surface area contributed by atoms with Crippen molar-refractivity contribution in [2.45, 2.75) is 6.42 Å². The molecule has 1 aliphatic heterocycles. The molecule has 15 heavy (non-hydrogen) atoms. The Kier molecular flexibility index (Phi) is 2.37. The molecule has 3 rings (SSSR count). The van der Waals surface area contributed by atoms with Gasteiger partial charge in [0.05, 0.1) is 5.52 Å². The zero-order chi connectivity index (χ0) is 9.54. The first-order chi connectivity index (χ1) is 6.86. The van der Waals surface area contributed by atoms with Crippen molar-refractivity contribution in [3.05, 3.63) is 42.1 Å². The monoisotopic (exact) mass is 219 g/mol. The number of carbonyl (C=O) groups excluding carboxylic acids is 1. The van der Waals surface area contributed by atoms with E-state index < -0.39 is 0 Å². The van der Waals surface area contributed by atoms with E-state index in [1.807, 2.05) is 42.5 Å². The van der Waals surface area contributed by atoms with Crippen molar-refractivity contribution in [2.75, 3.05) is 0 Å². The Hall–Kier alpha value is -1.54. The number of hydrogen-bond acceptors (Lipinski definition) is 1. The van der Waals surface area contributed by atoms with E-state index in [-0.39, 0.29) is 18.3 Å². The van der Waals surface area contributed by atoms with Crippen molar-refractivity contribution in [1.29, 1.82) is 0 Å². The first-order valence-corrected chi connectivity index (χ1v) is 4.66. The molecule has 0 fully saturated rings. The minimum atomic E-state index is 0. The molecule has 0 N–H and O–H groups in total. The van der Waals surface area contributed by atoms with Crippen LogP contribution in [0.15, 0.2) is 36.4 Å². The van der Waals surface area contributed by atoms with Gasteiger partial charge in [-0.05, 0) is 18.2 Å². The van der Waals surface area contributed by atoms with Crippen LogP contribution < -0.4 is 0 Å². The third-order valence-corrected chi connectivity index (χ3v) is 2.57. The van der Waals surface area contributed by atoms with E-state index >= 15 is 0 Å². The van der Waals surface area contributed by atoms with E-state index in [0.717, 1.165) is 16.6 Å². The van der Waals surface area contributed by atoms with E-state index in [1.165, 1.54) is 0 Å². The molecule has 0 saturated carbocycles.